The number of aromatic nitrogens is 2. The molecule has 3 heterocycles. The highest BCUT2D eigenvalue weighted by Gasteiger charge is 2.10. The Kier molecular flexibility index (Phi) is 2.30. The fraction of sp³-hybridized carbons (Fsp3) is 0.0769. The molecule has 3 rings (SSSR count). The largest absolute Gasteiger partial charge is 0.300 e. The van der Waals surface area contributed by atoms with Crippen molar-refractivity contribution >= 4 is 23.3 Å². The molecule has 17 heavy (non-hydrogen) atoms. The molecule has 0 N–H and O–H groups in total. The molecular weight excluding hydrogens is 232 g/mol. The van der Waals surface area contributed by atoms with E-state index in [1.54, 1.807) is 6.20 Å². The van der Waals surface area contributed by atoms with Crippen LogP contribution in [0.4, 0.5) is 0 Å². The number of aryl methyl sites for hydroxylation is 1. The molecule has 0 amide bonds. The number of pyridine rings is 1. The summed E-state index contributed by atoms with van der Waals surface area (Å²) in [5.41, 5.74) is 3.09. The first-order chi connectivity index (χ1) is 8.29. The molecule has 3 nitrogen and oxygen atoms in total. The third-order valence-electron chi connectivity index (χ3n) is 2.76. The Labute approximate surface area is 102 Å². The molecule has 0 fully saturated rings. The van der Waals surface area contributed by atoms with E-state index in [9.17, 15) is 4.79 Å². The van der Waals surface area contributed by atoms with E-state index < -0.39 is 0 Å². The van der Waals surface area contributed by atoms with Gasteiger partial charge < -0.3 is 0 Å². The zero-order valence-corrected chi connectivity index (χ0v) is 10.1. The molecule has 4 heteroatoms. The summed E-state index contributed by atoms with van der Waals surface area (Å²) in [7, 11) is 0. The fourth-order valence-corrected chi connectivity index (χ4v) is 2.84. The van der Waals surface area contributed by atoms with Crippen molar-refractivity contribution in [3.05, 3.63) is 46.4 Å². The van der Waals surface area contributed by atoms with E-state index in [-0.39, 0.29) is 0 Å². The summed E-state index contributed by atoms with van der Waals surface area (Å²) in [6.45, 7) is 2.03. The second kappa shape index (κ2) is 3.82. The summed E-state index contributed by atoms with van der Waals surface area (Å²) in [5.74, 6) is 0. The SMILES string of the molecule is Cc1sc(C=O)cc1-c1cccc2nccn12. The van der Waals surface area contributed by atoms with Crippen molar-refractivity contribution in [3.63, 3.8) is 0 Å². The highest BCUT2D eigenvalue weighted by molar-refractivity contribution is 7.14. The van der Waals surface area contributed by atoms with E-state index in [1.807, 2.05) is 41.8 Å². The Morgan fingerprint density at radius 2 is 2.29 bits per heavy atom. The van der Waals surface area contributed by atoms with Gasteiger partial charge in [0, 0.05) is 22.8 Å². The third kappa shape index (κ3) is 1.57. The molecule has 0 bridgehead atoms. The predicted octanol–water partition coefficient (Wildman–Crippen LogP) is 3.18. The monoisotopic (exact) mass is 242 g/mol. The summed E-state index contributed by atoms with van der Waals surface area (Å²) < 4.78 is 2.03. The van der Waals surface area contributed by atoms with Gasteiger partial charge in [-0.2, -0.15) is 0 Å². The van der Waals surface area contributed by atoms with Gasteiger partial charge in [0.1, 0.15) is 5.65 Å². The number of aldehydes is 1. The highest BCUT2D eigenvalue weighted by atomic mass is 32.1. The maximum absolute atomic E-state index is 10.8. The van der Waals surface area contributed by atoms with Crippen molar-refractivity contribution in [1.29, 1.82) is 0 Å². The van der Waals surface area contributed by atoms with Gasteiger partial charge in [0.05, 0.1) is 10.6 Å². The zero-order chi connectivity index (χ0) is 11.8. The first-order valence-corrected chi connectivity index (χ1v) is 6.09. The van der Waals surface area contributed by atoms with Crippen LogP contribution in [0.25, 0.3) is 16.9 Å². The van der Waals surface area contributed by atoms with Crippen molar-refractivity contribution in [2.24, 2.45) is 0 Å². The molecule has 0 atom stereocenters. The van der Waals surface area contributed by atoms with Crippen LogP contribution in [-0.4, -0.2) is 15.7 Å². The molecule has 0 aliphatic heterocycles. The van der Waals surface area contributed by atoms with Crippen LogP contribution >= 0.6 is 11.3 Å². The number of nitrogens with zero attached hydrogens (tertiary/aromatic N) is 2. The molecule has 0 spiro atoms. The molecule has 0 radical (unpaired) electrons. The van der Waals surface area contributed by atoms with Gasteiger partial charge in [0.25, 0.3) is 0 Å². The standard InChI is InChI=1S/C13H10N2OS/c1-9-11(7-10(8-16)17-9)12-3-2-4-13-14-5-6-15(12)13/h2-8H,1H3. The van der Waals surface area contributed by atoms with Gasteiger partial charge in [0.15, 0.2) is 6.29 Å². The average molecular weight is 242 g/mol. The number of thiophene rings is 1. The lowest BCUT2D eigenvalue weighted by Crippen LogP contribution is -1.89. The first-order valence-electron chi connectivity index (χ1n) is 5.27. The van der Waals surface area contributed by atoms with Gasteiger partial charge in [-0.3, -0.25) is 9.20 Å². The Balaban J connectivity index is 2.29. The number of fused-ring (bicyclic) bond motifs is 1. The molecule has 3 aromatic rings. The van der Waals surface area contributed by atoms with Gasteiger partial charge in [-0.1, -0.05) is 6.07 Å². The molecule has 0 saturated heterocycles. The molecule has 0 unspecified atom stereocenters. The van der Waals surface area contributed by atoms with Crippen molar-refractivity contribution < 1.29 is 4.79 Å². The summed E-state index contributed by atoms with van der Waals surface area (Å²) in [4.78, 5) is 17.0. The molecule has 0 aromatic carbocycles. The molecule has 84 valence electrons. The van der Waals surface area contributed by atoms with Crippen LogP contribution in [0.2, 0.25) is 0 Å². The van der Waals surface area contributed by atoms with Gasteiger partial charge in [0.2, 0.25) is 0 Å². The molecular formula is C13H10N2OS. The minimum absolute atomic E-state index is 0.759. The lowest BCUT2D eigenvalue weighted by Gasteiger charge is -2.04. The Morgan fingerprint density at radius 3 is 3.06 bits per heavy atom. The molecule has 0 saturated carbocycles. The smallest absolute Gasteiger partial charge is 0.160 e. The number of rotatable bonds is 2. The maximum atomic E-state index is 10.8. The average Bonchev–Trinajstić information content (AvgIpc) is 2.94. The summed E-state index contributed by atoms with van der Waals surface area (Å²) in [5, 5.41) is 0. The number of carbonyl (C=O) groups is 1. The maximum Gasteiger partial charge on any atom is 0.160 e. The number of carbonyl (C=O) groups excluding carboxylic acids is 1. The minimum atomic E-state index is 0.759. The minimum Gasteiger partial charge on any atom is -0.300 e. The van der Waals surface area contributed by atoms with Crippen molar-refractivity contribution in [1.82, 2.24) is 9.38 Å². The van der Waals surface area contributed by atoms with Crippen molar-refractivity contribution in [3.8, 4) is 11.3 Å². The predicted molar refractivity (Wildman–Crippen MR) is 68.6 cm³/mol. The highest BCUT2D eigenvalue weighted by Crippen LogP contribution is 2.30. The Bertz CT molecular complexity index is 696. The van der Waals surface area contributed by atoms with Crippen LogP contribution in [0, 0.1) is 6.92 Å². The molecule has 3 aromatic heterocycles. The van der Waals surface area contributed by atoms with E-state index >= 15 is 0 Å². The van der Waals surface area contributed by atoms with Gasteiger partial charge in [-0.15, -0.1) is 11.3 Å². The van der Waals surface area contributed by atoms with Crippen LogP contribution in [-0.2, 0) is 0 Å². The number of imidazole rings is 1. The number of hydrogen-bond donors (Lipinski definition) is 0. The van der Waals surface area contributed by atoms with Crippen LogP contribution in [0.3, 0.4) is 0 Å². The van der Waals surface area contributed by atoms with Gasteiger partial charge in [-0.25, -0.2) is 4.98 Å². The number of hydrogen-bond acceptors (Lipinski definition) is 3. The third-order valence-corrected chi connectivity index (χ3v) is 3.73. The topological polar surface area (TPSA) is 34.4 Å². The fourth-order valence-electron chi connectivity index (χ4n) is 1.98. The van der Waals surface area contributed by atoms with Crippen LogP contribution in [0.15, 0.2) is 36.7 Å². The first kappa shape index (κ1) is 10.2. The Hall–Kier alpha value is -1.94. The lowest BCUT2D eigenvalue weighted by molar-refractivity contribution is 0.112. The summed E-state index contributed by atoms with van der Waals surface area (Å²) in [6, 6.07) is 7.92. The summed E-state index contributed by atoms with van der Waals surface area (Å²) >= 11 is 1.52. The van der Waals surface area contributed by atoms with Gasteiger partial charge in [-0.05, 0) is 25.1 Å². The van der Waals surface area contributed by atoms with Crippen LogP contribution in [0.5, 0.6) is 0 Å². The summed E-state index contributed by atoms with van der Waals surface area (Å²) in [6.07, 6.45) is 4.61. The second-order valence-corrected chi connectivity index (χ2v) is 5.09. The normalized spacial score (nSPS) is 10.9. The quantitative estimate of drug-likeness (QED) is 0.647. The van der Waals surface area contributed by atoms with E-state index in [2.05, 4.69) is 4.98 Å². The van der Waals surface area contributed by atoms with Crippen molar-refractivity contribution in [2.45, 2.75) is 6.92 Å². The molecule has 0 aliphatic rings. The Morgan fingerprint density at radius 1 is 1.41 bits per heavy atom. The van der Waals surface area contributed by atoms with Crippen LogP contribution in [0.1, 0.15) is 14.5 Å². The van der Waals surface area contributed by atoms with Crippen LogP contribution < -0.4 is 0 Å². The van der Waals surface area contributed by atoms with E-state index in [0.717, 1.165) is 32.9 Å². The van der Waals surface area contributed by atoms with Gasteiger partial charge >= 0.3 is 0 Å². The van der Waals surface area contributed by atoms with E-state index in [0.29, 0.717) is 0 Å². The lowest BCUT2D eigenvalue weighted by atomic mass is 10.1. The zero-order valence-electron chi connectivity index (χ0n) is 9.25. The molecule has 0 aliphatic carbocycles. The van der Waals surface area contributed by atoms with E-state index in [4.69, 9.17) is 0 Å². The second-order valence-electron chi connectivity index (χ2n) is 3.80. The van der Waals surface area contributed by atoms with E-state index in [1.165, 1.54) is 11.3 Å². The van der Waals surface area contributed by atoms with Crippen molar-refractivity contribution in [2.75, 3.05) is 0 Å².